The van der Waals surface area contributed by atoms with Crippen LogP contribution in [-0.2, 0) is 0 Å². The van der Waals surface area contributed by atoms with Crippen LogP contribution < -0.4 is 16.8 Å². The highest BCUT2D eigenvalue weighted by molar-refractivity contribution is 5.81. The molecule has 102 valence electrons. The number of rotatable bonds is 2. The first-order valence-electron chi connectivity index (χ1n) is 6.60. The fourth-order valence-corrected chi connectivity index (χ4v) is 2.33. The lowest BCUT2D eigenvalue weighted by Crippen LogP contribution is -2.50. The Kier molecular flexibility index (Phi) is 3.77. The molecule has 0 amide bonds. The summed E-state index contributed by atoms with van der Waals surface area (Å²) in [5, 5.41) is 3.13. The number of nitrogens with one attached hydrogen (secondary N) is 1. The van der Waals surface area contributed by atoms with Crippen LogP contribution in [0, 0.1) is 0 Å². The zero-order valence-electron chi connectivity index (χ0n) is 11.3. The highest BCUT2D eigenvalue weighted by Crippen LogP contribution is 2.18. The van der Waals surface area contributed by atoms with Crippen LogP contribution in [0.25, 0.3) is 0 Å². The Morgan fingerprint density at radius 2 is 2.17 bits per heavy atom. The van der Waals surface area contributed by atoms with Gasteiger partial charge in [-0.15, -0.1) is 0 Å². The molecule has 0 saturated carbocycles. The number of aliphatic imine (C=N–C) groups is 1. The second-order valence-corrected chi connectivity index (χ2v) is 5.14. The summed E-state index contributed by atoms with van der Waals surface area (Å²) in [5.41, 5.74) is 11.4. The van der Waals surface area contributed by atoms with Gasteiger partial charge in [0.1, 0.15) is 11.5 Å². The van der Waals surface area contributed by atoms with Crippen molar-refractivity contribution in [3.63, 3.8) is 0 Å². The Morgan fingerprint density at radius 1 is 1.39 bits per heavy atom. The van der Waals surface area contributed by atoms with E-state index in [4.69, 9.17) is 11.5 Å². The number of guanidine groups is 1. The Hall–Kier alpha value is -1.27. The third kappa shape index (κ3) is 2.94. The van der Waals surface area contributed by atoms with Gasteiger partial charge in [0.2, 0.25) is 0 Å². The summed E-state index contributed by atoms with van der Waals surface area (Å²) < 4.78 is 0. The molecular weight excluding hydrogens is 228 g/mol. The molecular formula is C12H24N6. The smallest absolute Gasteiger partial charge is 0.196 e. The molecule has 0 spiro atoms. The van der Waals surface area contributed by atoms with E-state index in [0.29, 0.717) is 5.96 Å². The van der Waals surface area contributed by atoms with E-state index in [9.17, 15) is 0 Å². The fraction of sp³-hybridized carbons (Fsp3) is 0.750. The van der Waals surface area contributed by atoms with Crippen molar-refractivity contribution in [2.24, 2.45) is 16.5 Å². The van der Waals surface area contributed by atoms with E-state index >= 15 is 0 Å². The lowest BCUT2D eigenvalue weighted by molar-refractivity contribution is 0.312. The number of nitrogens with zero attached hydrogens (tertiary/aromatic N) is 3. The van der Waals surface area contributed by atoms with Gasteiger partial charge in [-0.3, -0.25) is 0 Å². The maximum Gasteiger partial charge on any atom is 0.196 e. The van der Waals surface area contributed by atoms with Gasteiger partial charge in [-0.2, -0.15) is 0 Å². The molecule has 1 fully saturated rings. The molecule has 5 N–H and O–H groups in total. The highest BCUT2D eigenvalue weighted by Gasteiger charge is 2.27. The van der Waals surface area contributed by atoms with Gasteiger partial charge < -0.3 is 26.6 Å². The topological polar surface area (TPSA) is 82.9 Å². The molecule has 1 unspecified atom stereocenters. The van der Waals surface area contributed by atoms with E-state index in [1.54, 1.807) is 0 Å². The number of hydrogen-bond donors (Lipinski definition) is 3. The van der Waals surface area contributed by atoms with Crippen LogP contribution >= 0.6 is 0 Å². The van der Waals surface area contributed by atoms with Crippen molar-refractivity contribution in [2.75, 3.05) is 33.2 Å². The largest absolute Gasteiger partial charge is 0.370 e. The molecule has 18 heavy (non-hydrogen) atoms. The summed E-state index contributed by atoms with van der Waals surface area (Å²) in [5.74, 6) is 1.41. The molecule has 2 rings (SSSR count). The van der Waals surface area contributed by atoms with Gasteiger partial charge >= 0.3 is 0 Å². The Balaban J connectivity index is 2.12. The lowest BCUT2D eigenvalue weighted by atomic mass is 10.1. The van der Waals surface area contributed by atoms with E-state index in [1.807, 2.05) is 13.0 Å². The first-order valence-corrected chi connectivity index (χ1v) is 6.60. The maximum absolute atomic E-state index is 6.19. The van der Waals surface area contributed by atoms with Gasteiger partial charge in [0.15, 0.2) is 5.96 Å². The molecule has 0 radical (unpaired) electrons. The third-order valence-electron chi connectivity index (χ3n) is 3.60. The summed E-state index contributed by atoms with van der Waals surface area (Å²) >= 11 is 0. The standard InChI is InChI=1S/C12H24N6/c1-3-12(14)9-10(15-11(13)16-12)18-6-4-5-17(2)7-8-18/h9H,3-8,14H2,1-2H3,(H3,13,15,16). The second-order valence-electron chi connectivity index (χ2n) is 5.14. The normalized spacial score (nSPS) is 30.3. The average Bonchev–Trinajstić information content (AvgIpc) is 2.53. The van der Waals surface area contributed by atoms with Crippen molar-refractivity contribution in [1.29, 1.82) is 0 Å². The van der Waals surface area contributed by atoms with Crippen LogP contribution in [0.5, 0.6) is 0 Å². The Bertz CT molecular complexity index is 364. The first kappa shape index (κ1) is 13.2. The van der Waals surface area contributed by atoms with Crippen LogP contribution in [-0.4, -0.2) is 54.6 Å². The molecule has 1 saturated heterocycles. The summed E-state index contributed by atoms with van der Waals surface area (Å²) in [7, 11) is 2.15. The van der Waals surface area contributed by atoms with Gasteiger partial charge in [0, 0.05) is 19.6 Å². The lowest BCUT2D eigenvalue weighted by Gasteiger charge is -2.33. The summed E-state index contributed by atoms with van der Waals surface area (Å²) in [4.78, 5) is 8.92. The van der Waals surface area contributed by atoms with Crippen LogP contribution in [0.1, 0.15) is 19.8 Å². The van der Waals surface area contributed by atoms with E-state index in [-0.39, 0.29) is 0 Å². The van der Waals surface area contributed by atoms with Crippen molar-refractivity contribution in [3.05, 3.63) is 11.9 Å². The number of hydrogen-bond acceptors (Lipinski definition) is 6. The van der Waals surface area contributed by atoms with Crippen LogP contribution in [0.15, 0.2) is 16.9 Å². The minimum Gasteiger partial charge on any atom is -0.370 e. The molecule has 0 aliphatic carbocycles. The summed E-state index contributed by atoms with van der Waals surface area (Å²) in [6, 6.07) is 0. The molecule has 2 aliphatic heterocycles. The molecule has 2 heterocycles. The third-order valence-corrected chi connectivity index (χ3v) is 3.60. The SMILES string of the molecule is CCC1(N)C=C(N2CCCN(C)CC2)NC(N)=N1. The van der Waals surface area contributed by atoms with E-state index in [2.05, 4.69) is 27.2 Å². The molecule has 6 heteroatoms. The number of likely N-dealkylation sites (N-methyl/N-ethyl adjacent to an activating group) is 1. The maximum atomic E-state index is 6.19. The van der Waals surface area contributed by atoms with Gasteiger partial charge in [-0.05, 0) is 32.5 Å². The first-order chi connectivity index (χ1) is 8.52. The van der Waals surface area contributed by atoms with Crippen molar-refractivity contribution in [2.45, 2.75) is 25.4 Å². The van der Waals surface area contributed by atoms with E-state index in [1.165, 1.54) is 0 Å². The van der Waals surface area contributed by atoms with Gasteiger partial charge in [0.05, 0.1) is 0 Å². The van der Waals surface area contributed by atoms with Gasteiger partial charge in [-0.25, -0.2) is 4.99 Å². The number of nitrogens with two attached hydrogens (primary N) is 2. The average molecular weight is 252 g/mol. The molecule has 1 atom stereocenters. The van der Waals surface area contributed by atoms with Crippen LogP contribution in [0.3, 0.4) is 0 Å². The molecule has 2 aliphatic rings. The quantitative estimate of drug-likeness (QED) is 0.614. The van der Waals surface area contributed by atoms with Crippen molar-refractivity contribution >= 4 is 5.96 Å². The van der Waals surface area contributed by atoms with Crippen LogP contribution in [0.4, 0.5) is 0 Å². The van der Waals surface area contributed by atoms with Crippen molar-refractivity contribution in [3.8, 4) is 0 Å². The highest BCUT2D eigenvalue weighted by atomic mass is 15.3. The monoisotopic (exact) mass is 252 g/mol. The van der Waals surface area contributed by atoms with E-state index in [0.717, 1.165) is 44.8 Å². The molecule has 0 aromatic heterocycles. The predicted molar refractivity (Wildman–Crippen MR) is 73.7 cm³/mol. The molecule has 0 aromatic rings. The second kappa shape index (κ2) is 5.16. The summed E-state index contributed by atoms with van der Waals surface area (Å²) in [6.45, 7) is 6.22. The van der Waals surface area contributed by atoms with Gasteiger partial charge in [-0.1, -0.05) is 6.92 Å². The van der Waals surface area contributed by atoms with Crippen molar-refractivity contribution < 1.29 is 0 Å². The minimum atomic E-state index is -0.664. The molecule has 0 bridgehead atoms. The van der Waals surface area contributed by atoms with E-state index < -0.39 is 5.66 Å². The molecule has 6 nitrogen and oxygen atoms in total. The minimum absolute atomic E-state index is 0.412. The molecule has 0 aromatic carbocycles. The van der Waals surface area contributed by atoms with Crippen LogP contribution in [0.2, 0.25) is 0 Å². The predicted octanol–water partition coefficient (Wildman–Crippen LogP) is -0.552. The van der Waals surface area contributed by atoms with Crippen molar-refractivity contribution in [1.82, 2.24) is 15.1 Å². The summed E-state index contributed by atoms with van der Waals surface area (Å²) in [6.07, 6.45) is 3.89. The zero-order valence-corrected chi connectivity index (χ0v) is 11.3. The fourth-order valence-electron chi connectivity index (χ4n) is 2.33. The zero-order chi connectivity index (χ0) is 13.2. The Morgan fingerprint density at radius 3 is 2.89 bits per heavy atom. The Labute approximate surface area is 109 Å². The van der Waals surface area contributed by atoms with Gasteiger partial charge in [0.25, 0.3) is 0 Å².